The molecule has 0 fully saturated rings. The molecule has 3 N–H and O–H groups in total. The van der Waals surface area contributed by atoms with Gasteiger partial charge < -0.3 is 10.5 Å². The van der Waals surface area contributed by atoms with Gasteiger partial charge in [-0.2, -0.15) is 15.4 Å². The first-order valence-corrected chi connectivity index (χ1v) is 4.68. The van der Waals surface area contributed by atoms with E-state index in [1.807, 2.05) is 0 Å². The summed E-state index contributed by atoms with van der Waals surface area (Å²) in [5.74, 6) is -1.34. The molecule has 0 bridgehead atoms. The zero-order chi connectivity index (χ0) is 12.4. The fraction of sp³-hybridized carbons (Fsp3) is 0.100. The smallest absolute Gasteiger partial charge is 0.271 e. The Hall–Kier alpha value is -2.44. The highest BCUT2D eigenvalue weighted by Crippen LogP contribution is 2.28. The number of hydrogen-bond donors (Lipinski definition) is 2. The van der Waals surface area contributed by atoms with Crippen molar-refractivity contribution in [2.45, 2.75) is 0 Å². The molecule has 88 valence electrons. The molecule has 17 heavy (non-hydrogen) atoms. The van der Waals surface area contributed by atoms with Crippen molar-refractivity contribution < 1.29 is 13.9 Å². The summed E-state index contributed by atoms with van der Waals surface area (Å²) in [7, 11) is 1.35. The molecule has 1 amide bonds. The number of aromatic nitrogens is 3. The maximum absolute atomic E-state index is 13.9. The van der Waals surface area contributed by atoms with Gasteiger partial charge in [0.2, 0.25) is 0 Å². The molecule has 1 aromatic heterocycles. The lowest BCUT2D eigenvalue weighted by molar-refractivity contribution is 0.0996. The number of rotatable bonds is 3. The van der Waals surface area contributed by atoms with Crippen LogP contribution in [0.1, 0.15) is 10.5 Å². The van der Waals surface area contributed by atoms with Gasteiger partial charge in [0.1, 0.15) is 5.69 Å². The Balaban J connectivity index is 2.61. The summed E-state index contributed by atoms with van der Waals surface area (Å²) in [6.45, 7) is 0. The molecule has 2 rings (SSSR count). The van der Waals surface area contributed by atoms with E-state index in [0.29, 0.717) is 0 Å². The predicted octanol–water partition coefficient (Wildman–Crippen LogP) is 0.718. The Morgan fingerprint density at radius 2 is 2.24 bits per heavy atom. The van der Waals surface area contributed by atoms with Crippen LogP contribution in [0.2, 0.25) is 0 Å². The van der Waals surface area contributed by atoms with Crippen LogP contribution in [0.5, 0.6) is 5.75 Å². The highest BCUT2D eigenvalue weighted by molar-refractivity contribution is 5.96. The third-order valence-electron chi connectivity index (χ3n) is 2.22. The molecular weight excluding hydrogens is 227 g/mol. The number of hydrogen-bond acceptors (Lipinski definition) is 4. The second-order valence-electron chi connectivity index (χ2n) is 3.21. The molecule has 0 atom stereocenters. The fourth-order valence-electron chi connectivity index (χ4n) is 1.44. The summed E-state index contributed by atoms with van der Waals surface area (Å²) < 4.78 is 18.8. The molecule has 2 aromatic rings. The van der Waals surface area contributed by atoms with E-state index >= 15 is 0 Å². The highest BCUT2D eigenvalue weighted by Gasteiger charge is 2.19. The van der Waals surface area contributed by atoms with E-state index in [1.54, 1.807) is 6.07 Å². The van der Waals surface area contributed by atoms with Gasteiger partial charge >= 0.3 is 0 Å². The Bertz CT molecular complexity index is 567. The normalized spacial score (nSPS) is 10.2. The number of primary amides is 1. The van der Waals surface area contributed by atoms with Crippen molar-refractivity contribution in [1.82, 2.24) is 15.4 Å². The van der Waals surface area contributed by atoms with Crippen molar-refractivity contribution >= 4 is 5.91 Å². The highest BCUT2D eigenvalue weighted by atomic mass is 19.1. The third kappa shape index (κ3) is 1.82. The number of nitrogens with one attached hydrogen (secondary N) is 1. The fourth-order valence-corrected chi connectivity index (χ4v) is 1.44. The van der Waals surface area contributed by atoms with E-state index in [9.17, 15) is 9.18 Å². The number of aromatic amines is 1. The lowest BCUT2D eigenvalue weighted by Crippen LogP contribution is -2.13. The van der Waals surface area contributed by atoms with Crippen LogP contribution in [-0.2, 0) is 0 Å². The van der Waals surface area contributed by atoms with E-state index in [-0.39, 0.29) is 22.7 Å². The number of carbonyl (C=O) groups excluding carboxylic acids is 1. The Morgan fingerprint density at radius 3 is 2.88 bits per heavy atom. The Kier molecular flexibility index (Phi) is 2.73. The van der Waals surface area contributed by atoms with Gasteiger partial charge in [-0.3, -0.25) is 4.79 Å². The summed E-state index contributed by atoms with van der Waals surface area (Å²) in [5, 5.41) is 9.52. The Morgan fingerprint density at radius 1 is 1.47 bits per heavy atom. The van der Waals surface area contributed by atoms with Gasteiger partial charge in [-0.15, -0.1) is 0 Å². The summed E-state index contributed by atoms with van der Waals surface area (Å²) in [5.41, 5.74) is 5.16. The lowest BCUT2D eigenvalue weighted by Gasteiger charge is -2.05. The van der Waals surface area contributed by atoms with Gasteiger partial charge in [-0.05, 0) is 12.1 Å². The van der Waals surface area contributed by atoms with Gasteiger partial charge in [-0.1, -0.05) is 6.07 Å². The number of benzene rings is 1. The van der Waals surface area contributed by atoms with E-state index in [0.717, 1.165) is 0 Å². The molecule has 0 aliphatic heterocycles. The molecule has 0 aliphatic rings. The number of methoxy groups -OCH3 is 1. The average Bonchev–Trinajstić information content (AvgIpc) is 2.78. The standard InChI is InChI=1S/C10H9FN4O2/c1-17-6-4-2-3-5(7(6)11)8-9(10(12)16)14-15-13-8/h2-4H,1H3,(H2,12,16)(H,13,14,15). The lowest BCUT2D eigenvalue weighted by atomic mass is 10.1. The van der Waals surface area contributed by atoms with Crippen LogP contribution in [0.15, 0.2) is 18.2 Å². The summed E-state index contributed by atoms with van der Waals surface area (Å²) >= 11 is 0. The van der Waals surface area contributed by atoms with Gasteiger partial charge in [0.15, 0.2) is 17.3 Å². The van der Waals surface area contributed by atoms with E-state index in [2.05, 4.69) is 15.4 Å². The second kappa shape index (κ2) is 4.20. The van der Waals surface area contributed by atoms with Crippen molar-refractivity contribution in [2.24, 2.45) is 5.73 Å². The molecule has 0 saturated carbocycles. The van der Waals surface area contributed by atoms with Crippen LogP contribution in [0, 0.1) is 5.82 Å². The molecule has 1 heterocycles. The predicted molar refractivity (Wildman–Crippen MR) is 56.8 cm³/mol. The summed E-state index contributed by atoms with van der Waals surface area (Å²) in [6, 6.07) is 4.50. The molecule has 0 aliphatic carbocycles. The number of carbonyl (C=O) groups is 1. The van der Waals surface area contributed by atoms with Gasteiger partial charge in [0.05, 0.1) is 7.11 Å². The number of amides is 1. The summed E-state index contributed by atoms with van der Waals surface area (Å²) in [4.78, 5) is 11.1. The van der Waals surface area contributed by atoms with E-state index in [4.69, 9.17) is 10.5 Å². The van der Waals surface area contributed by atoms with Gasteiger partial charge in [0, 0.05) is 5.56 Å². The van der Waals surface area contributed by atoms with E-state index < -0.39 is 11.7 Å². The maximum atomic E-state index is 13.9. The molecule has 0 unspecified atom stereocenters. The molecule has 6 nitrogen and oxygen atoms in total. The first kappa shape index (κ1) is 11.1. The zero-order valence-electron chi connectivity index (χ0n) is 8.90. The van der Waals surface area contributed by atoms with Crippen LogP contribution >= 0.6 is 0 Å². The van der Waals surface area contributed by atoms with Crippen LogP contribution in [0.4, 0.5) is 4.39 Å². The third-order valence-corrected chi connectivity index (χ3v) is 2.22. The molecule has 1 aromatic carbocycles. The molecule has 0 radical (unpaired) electrons. The minimum absolute atomic E-state index is 0.0564. The molecule has 0 saturated heterocycles. The number of halogens is 1. The number of nitrogens with zero attached hydrogens (tertiary/aromatic N) is 2. The van der Waals surface area contributed by atoms with Crippen molar-refractivity contribution in [3.63, 3.8) is 0 Å². The van der Waals surface area contributed by atoms with Crippen LogP contribution in [0.25, 0.3) is 11.3 Å². The first-order valence-electron chi connectivity index (χ1n) is 4.68. The van der Waals surface area contributed by atoms with Crippen LogP contribution < -0.4 is 10.5 Å². The molecular formula is C10H9FN4O2. The average molecular weight is 236 g/mol. The zero-order valence-corrected chi connectivity index (χ0v) is 8.90. The van der Waals surface area contributed by atoms with Gasteiger partial charge in [-0.25, -0.2) is 4.39 Å². The maximum Gasteiger partial charge on any atom is 0.271 e. The van der Waals surface area contributed by atoms with Gasteiger partial charge in [0.25, 0.3) is 5.91 Å². The largest absolute Gasteiger partial charge is 0.494 e. The minimum atomic E-state index is -0.782. The number of nitrogens with two attached hydrogens (primary N) is 1. The second-order valence-corrected chi connectivity index (χ2v) is 3.21. The summed E-state index contributed by atoms with van der Waals surface area (Å²) in [6.07, 6.45) is 0. The topological polar surface area (TPSA) is 93.9 Å². The molecule has 0 spiro atoms. The quantitative estimate of drug-likeness (QED) is 0.820. The van der Waals surface area contributed by atoms with Crippen molar-refractivity contribution in [2.75, 3.05) is 7.11 Å². The van der Waals surface area contributed by atoms with Crippen LogP contribution in [0.3, 0.4) is 0 Å². The van der Waals surface area contributed by atoms with Crippen molar-refractivity contribution in [3.05, 3.63) is 29.7 Å². The van der Waals surface area contributed by atoms with E-state index in [1.165, 1.54) is 19.2 Å². The van der Waals surface area contributed by atoms with Crippen molar-refractivity contribution in [1.29, 1.82) is 0 Å². The SMILES string of the molecule is COc1cccc(-c2n[nH]nc2C(N)=O)c1F. The number of H-pyrrole nitrogens is 1. The first-order chi connectivity index (χ1) is 8.15. The Labute approximate surface area is 95.6 Å². The number of ether oxygens (including phenoxy) is 1. The van der Waals surface area contributed by atoms with Crippen LogP contribution in [-0.4, -0.2) is 28.4 Å². The van der Waals surface area contributed by atoms with Crippen molar-refractivity contribution in [3.8, 4) is 17.0 Å². The monoisotopic (exact) mass is 236 g/mol. The minimum Gasteiger partial charge on any atom is -0.494 e. The molecule has 7 heteroatoms.